The molecule has 3 rings (SSSR count). The van der Waals surface area contributed by atoms with E-state index in [1.165, 1.54) is 10.7 Å². The lowest BCUT2D eigenvalue weighted by Crippen LogP contribution is -2.04. The van der Waals surface area contributed by atoms with Crippen LogP contribution in [-0.4, -0.2) is 14.3 Å². The van der Waals surface area contributed by atoms with Crippen molar-refractivity contribution in [2.24, 2.45) is 14.1 Å². The minimum Gasteiger partial charge on any atom is -0.384 e. The van der Waals surface area contributed by atoms with Crippen molar-refractivity contribution in [1.82, 2.24) is 14.3 Å². The van der Waals surface area contributed by atoms with Crippen LogP contribution < -0.4 is 5.73 Å². The van der Waals surface area contributed by atoms with Crippen molar-refractivity contribution in [3.63, 3.8) is 0 Å². The lowest BCUT2D eigenvalue weighted by molar-refractivity contribution is -0.137. The first-order valence-corrected chi connectivity index (χ1v) is 6.66. The Kier molecular flexibility index (Phi) is 2.98. The van der Waals surface area contributed by atoms with E-state index in [-0.39, 0.29) is 0 Å². The summed E-state index contributed by atoms with van der Waals surface area (Å²) in [4.78, 5) is 0. The summed E-state index contributed by atoms with van der Waals surface area (Å²) in [7, 11) is 3.47. The molecule has 0 aliphatic rings. The molecular weight excluding hydrogens is 293 g/mol. The fourth-order valence-electron chi connectivity index (χ4n) is 2.67. The highest BCUT2D eigenvalue weighted by molar-refractivity contribution is 5.97. The van der Waals surface area contributed by atoms with E-state index in [4.69, 9.17) is 5.73 Å². The number of alkyl halides is 3. The predicted octanol–water partition coefficient (Wildman–Crippen LogP) is 3.49. The Morgan fingerprint density at radius 1 is 1.14 bits per heavy atom. The van der Waals surface area contributed by atoms with Crippen LogP contribution in [0.25, 0.3) is 22.2 Å². The zero-order valence-electron chi connectivity index (χ0n) is 12.4. The lowest BCUT2D eigenvalue weighted by atomic mass is 10.1. The fraction of sp³-hybridized carbons (Fsp3) is 0.267. The van der Waals surface area contributed by atoms with Crippen LogP contribution in [0.1, 0.15) is 11.3 Å². The van der Waals surface area contributed by atoms with Crippen molar-refractivity contribution in [1.29, 1.82) is 0 Å². The van der Waals surface area contributed by atoms with Crippen molar-refractivity contribution in [2.45, 2.75) is 13.1 Å². The normalized spacial score (nSPS) is 12.3. The lowest BCUT2D eigenvalue weighted by Gasteiger charge is -2.07. The Balaban J connectivity index is 2.30. The van der Waals surface area contributed by atoms with E-state index >= 15 is 0 Å². The molecule has 0 saturated carbocycles. The SMILES string of the molecule is Cc1c(-c2cc(N)n(C)n2)c2ccc(C(F)(F)F)cc2n1C. The quantitative estimate of drug-likeness (QED) is 0.748. The highest BCUT2D eigenvalue weighted by atomic mass is 19.4. The van der Waals surface area contributed by atoms with Crippen LogP contribution in [0.3, 0.4) is 0 Å². The summed E-state index contributed by atoms with van der Waals surface area (Å²) in [5, 5.41) is 5.06. The molecule has 0 aliphatic carbocycles. The molecule has 2 heterocycles. The number of rotatable bonds is 1. The minimum atomic E-state index is -4.36. The van der Waals surface area contributed by atoms with Gasteiger partial charge in [-0.25, -0.2) is 0 Å². The molecule has 2 N–H and O–H groups in total. The summed E-state index contributed by atoms with van der Waals surface area (Å²) in [5.74, 6) is 0.498. The zero-order chi connectivity index (χ0) is 16.2. The Bertz CT molecular complexity index is 852. The van der Waals surface area contributed by atoms with Gasteiger partial charge in [0, 0.05) is 42.3 Å². The standard InChI is InChI=1S/C15H15F3N4/c1-8-14(11-7-13(19)22(3)20-11)10-5-4-9(15(16,17)18)6-12(10)21(8)2/h4-7H,19H2,1-3H3. The first-order chi connectivity index (χ1) is 10.2. The molecule has 116 valence electrons. The molecule has 0 bridgehead atoms. The highest BCUT2D eigenvalue weighted by Crippen LogP contribution is 2.37. The Hall–Kier alpha value is -2.44. The zero-order valence-corrected chi connectivity index (χ0v) is 12.4. The first kappa shape index (κ1) is 14.5. The van der Waals surface area contributed by atoms with Crippen molar-refractivity contribution in [2.75, 3.05) is 5.73 Å². The Morgan fingerprint density at radius 3 is 2.36 bits per heavy atom. The van der Waals surface area contributed by atoms with Gasteiger partial charge in [-0.15, -0.1) is 0 Å². The van der Waals surface area contributed by atoms with Crippen molar-refractivity contribution >= 4 is 16.7 Å². The summed E-state index contributed by atoms with van der Waals surface area (Å²) in [6.45, 7) is 1.85. The molecule has 1 aromatic carbocycles. The van der Waals surface area contributed by atoms with Gasteiger partial charge in [-0.1, -0.05) is 6.07 Å². The molecule has 22 heavy (non-hydrogen) atoms. The van der Waals surface area contributed by atoms with E-state index < -0.39 is 11.7 Å². The van der Waals surface area contributed by atoms with E-state index in [0.717, 1.165) is 28.8 Å². The third-order valence-electron chi connectivity index (χ3n) is 3.99. The molecule has 0 amide bonds. The van der Waals surface area contributed by atoms with E-state index in [2.05, 4.69) is 5.10 Å². The number of benzene rings is 1. The fourth-order valence-corrected chi connectivity index (χ4v) is 2.67. The first-order valence-electron chi connectivity index (χ1n) is 6.66. The topological polar surface area (TPSA) is 48.8 Å². The van der Waals surface area contributed by atoms with Gasteiger partial charge in [0.15, 0.2) is 0 Å². The number of nitrogen functional groups attached to an aromatic ring is 1. The second kappa shape index (κ2) is 4.53. The maximum absolute atomic E-state index is 12.9. The molecule has 3 aromatic rings. The molecule has 0 aliphatic heterocycles. The third-order valence-corrected chi connectivity index (χ3v) is 3.99. The molecule has 0 saturated heterocycles. The summed E-state index contributed by atoms with van der Waals surface area (Å²) < 4.78 is 42.0. The van der Waals surface area contributed by atoms with Gasteiger partial charge >= 0.3 is 6.18 Å². The van der Waals surface area contributed by atoms with Gasteiger partial charge in [0.2, 0.25) is 0 Å². The average molecular weight is 308 g/mol. The Labute approximate surface area is 124 Å². The monoisotopic (exact) mass is 308 g/mol. The maximum Gasteiger partial charge on any atom is 0.416 e. The number of hydrogen-bond donors (Lipinski definition) is 1. The molecule has 0 atom stereocenters. The molecule has 0 radical (unpaired) electrons. The Morgan fingerprint density at radius 2 is 1.82 bits per heavy atom. The van der Waals surface area contributed by atoms with Crippen LogP contribution >= 0.6 is 0 Å². The van der Waals surface area contributed by atoms with Gasteiger partial charge in [0.05, 0.1) is 11.3 Å². The summed E-state index contributed by atoms with van der Waals surface area (Å²) in [5.41, 5.74) is 7.97. The van der Waals surface area contributed by atoms with E-state index in [0.29, 0.717) is 17.0 Å². The van der Waals surface area contributed by atoms with Gasteiger partial charge in [-0.05, 0) is 19.1 Å². The number of hydrogen-bond acceptors (Lipinski definition) is 2. The highest BCUT2D eigenvalue weighted by Gasteiger charge is 2.31. The third kappa shape index (κ3) is 2.04. The summed E-state index contributed by atoms with van der Waals surface area (Å²) >= 11 is 0. The van der Waals surface area contributed by atoms with E-state index in [9.17, 15) is 13.2 Å². The van der Waals surface area contributed by atoms with Gasteiger partial charge < -0.3 is 10.3 Å². The van der Waals surface area contributed by atoms with E-state index in [1.807, 2.05) is 6.92 Å². The largest absolute Gasteiger partial charge is 0.416 e. The molecular formula is C15H15F3N4. The number of anilines is 1. The van der Waals surface area contributed by atoms with Crippen molar-refractivity contribution in [3.8, 4) is 11.3 Å². The van der Waals surface area contributed by atoms with Crippen LogP contribution in [0, 0.1) is 6.92 Å². The summed E-state index contributed by atoms with van der Waals surface area (Å²) in [6.07, 6.45) is -4.36. The number of nitrogens with two attached hydrogens (primary N) is 1. The number of nitrogens with zero attached hydrogens (tertiary/aromatic N) is 3. The smallest absolute Gasteiger partial charge is 0.384 e. The molecule has 0 spiro atoms. The molecule has 7 heteroatoms. The van der Waals surface area contributed by atoms with Crippen molar-refractivity contribution in [3.05, 3.63) is 35.5 Å². The number of aromatic nitrogens is 3. The minimum absolute atomic E-state index is 0.498. The van der Waals surface area contributed by atoms with Crippen LogP contribution in [0.5, 0.6) is 0 Å². The molecule has 4 nitrogen and oxygen atoms in total. The van der Waals surface area contributed by atoms with Crippen molar-refractivity contribution < 1.29 is 13.2 Å². The van der Waals surface area contributed by atoms with Gasteiger partial charge in [-0.2, -0.15) is 18.3 Å². The van der Waals surface area contributed by atoms with Gasteiger partial charge in [0.25, 0.3) is 0 Å². The van der Waals surface area contributed by atoms with Crippen LogP contribution in [0.2, 0.25) is 0 Å². The van der Waals surface area contributed by atoms with Crippen LogP contribution in [0.4, 0.5) is 19.0 Å². The number of halogens is 3. The van der Waals surface area contributed by atoms with E-state index in [1.54, 1.807) is 24.7 Å². The molecule has 2 aromatic heterocycles. The average Bonchev–Trinajstić information content (AvgIpc) is 2.88. The summed E-state index contributed by atoms with van der Waals surface area (Å²) in [6, 6.07) is 5.47. The second-order valence-electron chi connectivity index (χ2n) is 5.33. The number of fused-ring (bicyclic) bond motifs is 1. The van der Waals surface area contributed by atoms with Crippen LogP contribution in [0.15, 0.2) is 24.3 Å². The molecule has 0 fully saturated rings. The second-order valence-corrected chi connectivity index (χ2v) is 5.33. The number of aryl methyl sites for hydroxylation is 2. The molecule has 0 unspecified atom stereocenters. The van der Waals surface area contributed by atoms with Crippen LogP contribution in [-0.2, 0) is 20.3 Å². The van der Waals surface area contributed by atoms with Gasteiger partial charge in [-0.3, -0.25) is 4.68 Å². The van der Waals surface area contributed by atoms with Gasteiger partial charge in [0.1, 0.15) is 5.82 Å². The predicted molar refractivity (Wildman–Crippen MR) is 79.3 cm³/mol. The maximum atomic E-state index is 12.9.